The van der Waals surface area contributed by atoms with Crippen molar-refractivity contribution >= 4 is 29.7 Å². The standard InChI is InChI=1S/C19H16N2O10/c1-9(11-4-2-3-5-14(11)21(29)30)31-19(28)20-15(18(26)27)10-6-7-12(16(22)23)13(8-10)17(24)25/h2-9,15H,1H3,(H,20,28)(H,22,23)(H,24,25)(H,26,27). The first-order valence-corrected chi connectivity index (χ1v) is 8.56. The smallest absolute Gasteiger partial charge is 0.408 e. The van der Waals surface area contributed by atoms with E-state index in [0.717, 1.165) is 18.2 Å². The zero-order valence-corrected chi connectivity index (χ0v) is 15.8. The van der Waals surface area contributed by atoms with E-state index in [1.807, 2.05) is 5.32 Å². The molecule has 12 nitrogen and oxygen atoms in total. The summed E-state index contributed by atoms with van der Waals surface area (Å²) in [5, 5.41) is 40.8. The third-order valence-corrected chi connectivity index (χ3v) is 4.20. The number of carboxylic acids is 3. The Balaban J connectivity index is 2.26. The van der Waals surface area contributed by atoms with Crippen molar-refractivity contribution in [2.24, 2.45) is 0 Å². The molecule has 0 spiro atoms. The molecule has 2 unspecified atom stereocenters. The number of carbonyl (C=O) groups excluding carboxylic acids is 1. The van der Waals surface area contributed by atoms with Crippen LogP contribution in [0.3, 0.4) is 0 Å². The molecule has 1 amide bonds. The van der Waals surface area contributed by atoms with E-state index < -0.39 is 52.2 Å². The van der Waals surface area contributed by atoms with E-state index in [4.69, 9.17) is 9.84 Å². The Kier molecular flexibility index (Phi) is 6.87. The number of aromatic carboxylic acids is 2. The summed E-state index contributed by atoms with van der Waals surface area (Å²) in [6.07, 6.45) is -2.35. The van der Waals surface area contributed by atoms with E-state index >= 15 is 0 Å². The lowest BCUT2D eigenvalue weighted by Crippen LogP contribution is -2.35. The Bertz CT molecular complexity index is 1070. The zero-order chi connectivity index (χ0) is 23.3. The number of ether oxygens (including phenoxy) is 1. The lowest BCUT2D eigenvalue weighted by Gasteiger charge is -2.19. The van der Waals surface area contributed by atoms with Crippen molar-refractivity contribution in [2.45, 2.75) is 19.1 Å². The second kappa shape index (κ2) is 9.35. The van der Waals surface area contributed by atoms with Gasteiger partial charge in [0.2, 0.25) is 0 Å². The fourth-order valence-corrected chi connectivity index (χ4v) is 2.77. The van der Waals surface area contributed by atoms with Gasteiger partial charge in [-0.1, -0.05) is 18.2 Å². The number of nitrogens with zero attached hydrogens (tertiary/aromatic N) is 1. The highest BCUT2D eigenvalue weighted by Gasteiger charge is 2.28. The first kappa shape index (κ1) is 22.8. The molecule has 0 radical (unpaired) electrons. The van der Waals surface area contributed by atoms with Crippen molar-refractivity contribution in [3.05, 3.63) is 74.8 Å². The van der Waals surface area contributed by atoms with E-state index in [-0.39, 0.29) is 16.8 Å². The summed E-state index contributed by atoms with van der Waals surface area (Å²) in [5.74, 6) is -4.70. The lowest BCUT2D eigenvalue weighted by atomic mass is 9.99. The highest BCUT2D eigenvalue weighted by molar-refractivity contribution is 6.02. The van der Waals surface area contributed by atoms with Crippen LogP contribution < -0.4 is 5.32 Å². The second-order valence-electron chi connectivity index (χ2n) is 6.19. The Morgan fingerprint density at radius 3 is 2.16 bits per heavy atom. The highest BCUT2D eigenvalue weighted by Crippen LogP contribution is 2.27. The van der Waals surface area contributed by atoms with E-state index in [0.29, 0.717) is 0 Å². The monoisotopic (exact) mass is 432 g/mol. The maximum Gasteiger partial charge on any atom is 0.408 e. The molecule has 2 aromatic carbocycles. The maximum atomic E-state index is 12.2. The number of para-hydroxylation sites is 1. The van der Waals surface area contributed by atoms with Gasteiger partial charge < -0.3 is 25.4 Å². The molecule has 0 aliphatic carbocycles. The molecule has 31 heavy (non-hydrogen) atoms. The van der Waals surface area contributed by atoms with Crippen LogP contribution in [0.15, 0.2) is 42.5 Å². The van der Waals surface area contributed by atoms with Gasteiger partial charge in [-0.15, -0.1) is 0 Å². The van der Waals surface area contributed by atoms with Gasteiger partial charge in [0.05, 0.1) is 21.6 Å². The van der Waals surface area contributed by atoms with Crippen LogP contribution in [-0.2, 0) is 9.53 Å². The van der Waals surface area contributed by atoms with Gasteiger partial charge in [-0.2, -0.15) is 0 Å². The molecule has 0 aliphatic heterocycles. The summed E-state index contributed by atoms with van der Waals surface area (Å²) in [4.78, 5) is 56.7. The molecule has 0 bridgehead atoms. The van der Waals surface area contributed by atoms with Gasteiger partial charge in [0.1, 0.15) is 6.10 Å². The van der Waals surface area contributed by atoms with Crippen molar-refractivity contribution < 1.29 is 44.2 Å². The van der Waals surface area contributed by atoms with Gasteiger partial charge in [-0.05, 0) is 30.7 Å². The summed E-state index contributed by atoms with van der Waals surface area (Å²) in [7, 11) is 0. The van der Waals surface area contributed by atoms with Crippen LogP contribution in [-0.4, -0.2) is 44.2 Å². The van der Waals surface area contributed by atoms with Gasteiger partial charge >= 0.3 is 24.0 Å². The molecule has 0 heterocycles. The molecule has 162 valence electrons. The minimum Gasteiger partial charge on any atom is -0.479 e. The number of benzene rings is 2. The summed E-state index contributed by atoms with van der Waals surface area (Å²) in [6, 6.07) is 6.50. The minimum atomic E-state index is -1.77. The molecule has 2 rings (SSSR count). The van der Waals surface area contributed by atoms with Crippen LogP contribution in [0.5, 0.6) is 0 Å². The van der Waals surface area contributed by atoms with E-state index in [1.54, 1.807) is 0 Å². The minimum absolute atomic E-state index is 0.0773. The predicted molar refractivity (Wildman–Crippen MR) is 102 cm³/mol. The Hall–Kier alpha value is -4.48. The Morgan fingerprint density at radius 1 is 1.00 bits per heavy atom. The van der Waals surface area contributed by atoms with E-state index in [9.17, 15) is 39.5 Å². The summed E-state index contributed by atoms with van der Waals surface area (Å²) >= 11 is 0. The first-order chi connectivity index (χ1) is 14.5. The van der Waals surface area contributed by atoms with Crippen molar-refractivity contribution in [2.75, 3.05) is 0 Å². The number of nitrogens with one attached hydrogen (secondary N) is 1. The molecular weight excluding hydrogens is 416 g/mol. The third-order valence-electron chi connectivity index (χ3n) is 4.20. The van der Waals surface area contributed by atoms with Crippen LogP contribution in [0.1, 0.15) is 50.9 Å². The van der Waals surface area contributed by atoms with Crippen molar-refractivity contribution in [1.29, 1.82) is 0 Å². The van der Waals surface area contributed by atoms with Crippen LogP contribution >= 0.6 is 0 Å². The van der Waals surface area contributed by atoms with Gasteiger partial charge in [-0.3, -0.25) is 10.1 Å². The fraction of sp³-hybridized carbons (Fsp3) is 0.158. The summed E-state index contributed by atoms with van der Waals surface area (Å²) in [6.45, 7) is 1.35. The predicted octanol–water partition coefficient (Wildman–Crippen LogP) is 2.60. The van der Waals surface area contributed by atoms with Gasteiger partial charge in [0.15, 0.2) is 6.04 Å². The van der Waals surface area contributed by atoms with Gasteiger partial charge in [-0.25, -0.2) is 19.2 Å². The first-order valence-electron chi connectivity index (χ1n) is 8.56. The van der Waals surface area contributed by atoms with Gasteiger partial charge in [0, 0.05) is 6.07 Å². The van der Waals surface area contributed by atoms with Crippen molar-refractivity contribution in [3.63, 3.8) is 0 Å². The highest BCUT2D eigenvalue weighted by atomic mass is 16.6. The van der Waals surface area contributed by atoms with Gasteiger partial charge in [0.25, 0.3) is 5.69 Å². The van der Waals surface area contributed by atoms with Crippen molar-refractivity contribution in [3.8, 4) is 0 Å². The number of alkyl carbamates (subject to hydrolysis) is 1. The molecule has 2 aromatic rings. The molecular formula is C19H16N2O10. The average molecular weight is 432 g/mol. The quantitative estimate of drug-likeness (QED) is 0.356. The molecule has 2 atom stereocenters. The number of hydrogen-bond acceptors (Lipinski definition) is 7. The number of carbonyl (C=O) groups is 4. The number of nitro benzene ring substituents is 1. The lowest BCUT2D eigenvalue weighted by molar-refractivity contribution is -0.386. The van der Waals surface area contributed by atoms with E-state index in [1.165, 1.54) is 31.2 Å². The number of carboxylic acid groups (broad SMARTS) is 3. The van der Waals surface area contributed by atoms with Crippen molar-refractivity contribution in [1.82, 2.24) is 5.32 Å². The second-order valence-corrected chi connectivity index (χ2v) is 6.19. The molecule has 0 fully saturated rings. The van der Waals surface area contributed by atoms with E-state index in [2.05, 4.69) is 0 Å². The largest absolute Gasteiger partial charge is 0.479 e. The Labute approximate surface area is 173 Å². The molecule has 0 saturated carbocycles. The average Bonchev–Trinajstić information content (AvgIpc) is 2.71. The Morgan fingerprint density at radius 2 is 1.61 bits per heavy atom. The normalized spacial score (nSPS) is 12.3. The molecule has 4 N–H and O–H groups in total. The SMILES string of the molecule is CC(OC(=O)NC(C(=O)O)c1ccc(C(=O)O)c(C(=O)O)c1)c1ccccc1[N+](=O)[O-]. The molecule has 0 saturated heterocycles. The van der Waals surface area contributed by atoms with Crippen LogP contribution in [0, 0.1) is 10.1 Å². The molecule has 0 aliphatic rings. The molecule has 12 heteroatoms. The molecule has 0 aromatic heterocycles. The number of amides is 1. The number of aliphatic carboxylic acids is 1. The number of hydrogen-bond donors (Lipinski definition) is 4. The summed E-state index contributed by atoms with van der Waals surface area (Å²) in [5.41, 5.74) is -1.67. The number of nitro groups is 1. The topological polar surface area (TPSA) is 193 Å². The summed E-state index contributed by atoms with van der Waals surface area (Å²) < 4.78 is 5.04. The van der Waals surface area contributed by atoms with Crippen LogP contribution in [0.4, 0.5) is 10.5 Å². The van der Waals surface area contributed by atoms with Crippen LogP contribution in [0.25, 0.3) is 0 Å². The fourth-order valence-electron chi connectivity index (χ4n) is 2.77. The zero-order valence-electron chi connectivity index (χ0n) is 15.8. The van der Waals surface area contributed by atoms with Crippen LogP contribution in [0.2, 0.25) is 0 Å². The number of rotatable bonds is 8. The third kappa shape index (κ3) is 5.32. The maximum absolute atomic E-state index is 12.2.